The number of piperazine rings is 1. The molecule has 0 bridgehead atoms. The third kappa shape index (κ3) is 2.81. The Kier molecular flexibility index (Phi) is 3.54. The van der Waals surface area contributed by atoms with Gasteiger partial charge in [-0.2, -0.15) is 0 Å². The van der Waals surface area contributed by atoms with Crippen LogP contribution in [0.4, 0.5) is 0 Å². The van der Waals surface area contributed by atoms with Gasteiger partial charge in [0, 0.05) is 6.20 Å². The van der Waals surface area contributed by atoms with Crippen LogP contribution in [-0.4, -0.2) is 43.2 Å². The van der Waals surface area contributed by atoms with Crippen LogP contribution in [0.5, 0.6) is 0 Å². The van der Waals surface area contributed by atoms with Crippen LogP contribution in [0.15, 0.2) is 31.0 Å². The minimum absolute atomic E-state index is 0.875. The summed E-state index contributed by atoms with van der Waals surface area (Å²) in [6, 6.07) is 5.86. The highest BCUT2D eigenvalue weighted by molar-refractivity contribution is 5.57. The van der Waals surface area contributed by atoms with Crippen molar-refractivity contribution in [1.29, 1.82) is 0 Å². The van der Waals surface area contributed by atoms with Gasteiger partial charge in [0.15, 0.2) is 0 Å². The Morgan fingerprint density at radius 2 is 2.19 bits per heavy atom. The van der Waals surface area contributed by atoms with Crippen molar-refractivity contribution in [2.24, 2.45) is 0 Å². The monoisotopic (exact) mass is 219 g/mol. The van der Waals surface area contributed by atoms with Crippen molar-refractivity contribution in [3.63, 3.8) is 0 Å². The fraction of sp³-hybridized carbons (Fsp3) is 0.417. The molecule has 16 heavy (non-hydrogen) atoms. The summed E-state index contributed by atoms with van der Waals surface area (Å²) in [7, 11) is 2.23. The van der Waals surface area contributed by atoms with Crippen LogP contribution in [0.2, 0.25) is 0 Å². The third-order valence-electron chi connectivity index (χ3n) is 2.88. The van der Waals surface area contributed by atoms with E-state index in [1.807, 2.05) is 18.2 Å². The summed E-state index contributed by atoms with van der Waals surface area (Å²) in [4.78, 5) is 5.85. The van der Waals surface area contributed by atoms with Gasteiger partial charge >= 0.3 is 0 Å². The second-order valence-corrected chi connectivity index (χ2v) is 4.25. The van der Waals surface area contributed by atoms with Crippen molar-refractivity contribution in [1.82, 2.24) is 15.4 Å². The molecule has 1 aliphatic heterocycles. The summed E-state index contributed by atoms with van der Waals surface area (Å²) in [6.45, 7) is 8.46. The Balaban J connectivity index is 1.88. The van der Waals surface area contributed by atoms with E-state index in [-0.39, 0.29) is 0 Å². The van der Waals surface area contributed by atoms with Crippen molar-refractivity contribution < 1.29 is 4.90 Å². The Labute approximate surface area is 96.5 Å². The van der Waals surface area contributed by atoms with Gasteiger partial charge in [0.2, 0.25) is 0 Å². The number of hydrazine groups is 1. The number of quaternary nitrogens is 1. The minimum atomic E-state index is 0.875. The van der Waals surface area contributed by atoms with E-state index in [0.29, 0.717) is 0 Å². The first-order chi connectivity index (χ1) is 7.75. The highest BCUT2D eigenvalue weighted by Gasteiger charge is 2.16. The van der Waals surface area contributed by atoms with Gasteiger partial charge in [-0.1, -0.05) is 12.6 Å². The minimum Gasteiger partial charge on any atom is -0.335 e. The average Bonchev–Trinajstić information content (AvgIpc) is 2.33. The van der Waals surface area contributed by atoms with E-state index < -0.39 is 0 Å². The van der Waals surface area contributed by atoms with Crippen LogP contribution >= 0.6 is 0 Å². The van der Waals surface area contributed by atoms with Gasteiger partial charge in [-0.3, -0.25) is 4.98 Å². The van der Waals surface area contributed by atoms with E-state index in [2.05, 4.69) is 29.0 Å². The SMILES string of the molecule is C=C(NN1CC[NH+](C)CC1)c1ccccn1. The van der Waals surface area contributed by atoms with Crippen LogP contribution in [0.3, 0.4) is 0 Å². The summed E-state index contributed by atoms with van der Waals surface area (Å²) in [6.07, 6.45) is 1.79. The molecule has 0 radical (unpaired) electrons. The van der Waals surface area contributed by atoms with Gasteiger partial charge in [0.25, 0.3) is 0 Å². The lowest BCUT2D eigenvalue weighted by atomic mass is 10.3. The predicted molar refractivity (Wildman–Crippen MR) is 64.6 cm³/mol. The molecule has 4 nitrogen and oxygen atoms in total. The van der Waals surface area contributed by atoms with Crippen LogP contribution in [0, 0.1) is 0 Å². The molecule has 2 N–H and O–H groups in total. The van der Waals surface area contributed by atoms with Crippen molar-refractivity contribution in [2.75, 3.05) is 33.2 Å². The first kappa shape index (κ1) is 11.1. The molecule has 2 rings (SSSR count). The molecule has 0 unspecified atom stereocenters. The Bertz CT molecular complexity index is 341. The number of hydrogen-bond donors (Lipinski definition) is 2. The molecular formula is C12H19N4+. The smallest absolute Gasteiger partial charge is 0.0917 e. The van der Waals surface area contributed by atoms with Crippen LogP contribution in [0.1, 0.15) is 5.69 Å². The zero-order valence-corrected chi connectivity index (χ0v) is 9.74. The van der Waals surface area contributed by atoms with Gasteiger partial charge in [-0.25, -0.2) is 5.01 Å². The summed E-state index contributed by atoms with van der Waals surface area (Å²) in [5.41, 5.74) is 5.10. The lowest BCUT2D eigenvalue weighted by Gasteiger charge is -2.31. The number of likely N-dealkylation sites (N-methyl/N-ethyl adjacent to an activating group) is 1. The number of rotatable bonds is 3. The second-order valence-electron chi connectivity index (χ2n) is 4.25. The van der Waals surface area contributed by atoms with Gasteiger partial charge in [-0.15, -0.1) is 0 Å². The van der Waals surface area contributed by atoms with E-state index in [9.17, 15) is 0 Å². The molecule has 1 aliphatic rings. The van der Waals surface area contributed by atoms with Crippen LogP contribution < -0.4 is 10.3 Å². The largest absolute Gasteiger partial charge is 0.335 e. The molecular weight excluding hydrogens is 200 g/mol. The van der Waals surface area contributed by atoms with Gasteiger partial charge < -0.3 is 10.3 Å². The zero-order chi connectivity index (χ0) is 11.4. The molecule has 0 atom stereocenters. The molecule has 1 aromatic rings. The lowest BCUT2D eigenvalue weighted by molar-refractivity contribution is -0.884. The number of aromatic nitrogens is 1. The van der Waals surface area contributed by atoms with Crippen molar-refractivity contribution in [3.8, 4) is 0 Å². The van der Waals surface area contributed by atoms with Crippen molar-refractivity contribution >= 4 is 5.70 Å². The van der Waals surface area contributed by atoms with E-state index in [1.165, 1.54) is 13.1 Å². The molecule has 0 aromatic carbocycles. The first-order valence-corrected chi connectivity index (χ1v) is 5.69. The van der Waals surface area contributed by atoms with Crippen molar-refractivity contribution in [3.05, 3.63) is 36.7 Å². The first-order valence-electron chi connectivity index (χ1n) is 5.69. The van der Waals surface area contributed by atoms with Gasteiger partial charge in [0.05, 0.1) is 44.6 Å². The average molecular weight is 219 g/mol. The molecule has 1 fully saturated rings. The highest BCUT2D eigenvalue weighted by Crippen LogP contribution is 2.05. The quantitative estimate of drug-likeness (QED) is 0.711. The number of pyridine rings is 1. The fourth-order valence-corrected chi connectivity index (χ4v) is 1.79. The molecule has 0 saturated carbocycles. The van der Waals surface area contributed by atoms with Gasteiger partial charge in [0.1, 0.15) is 0 Å². The number of nitrogens with zero attached hydrogens (tertiary/aromatic N) is 2. The van der Waals surface area contributed by atoms with E-state index in [4.69, 9.17) is 0 Å². The normalized spacial score (nSPS) is 18.3. The molecule has 0 spiro atoms. The summed E-state index contributed by atoms with van der Waals surface area (Å²) in [5.74, 6) is 0. The second kappa shape index (κ2) is 5.09. The molecule has 0 amide bonds. The van der Waals surface area contributed by atoms with Crippen molar-refractivity contribution in [2.45, 2.75) is 0 Å². The Hall–Kier alpha value is -1.39. The fourth-order valence-electron chi connectivity index (χ4n) is 1.79. The summed E-state index contributed by atoms with van der Waals surface area (Å²) < 4.78 is 0. The maximum Gasteiger partial charge on any atom is 0.0917 e. The Morgan fingerprint density at radius 3 is 2.81 bits per heavy atom. The van der Waals surface area contributed by atoms with E-state index >= 15 is 0 Å². The summed E-state index contributed by atoms with van der Waals surface area (Å²) in [5, 5.41) is 2.21. The molecule has 1 aromatic heterocycles. The number of nitrogens with one attached hydrogen (secondary N) is 2. The lowest BCUT2D eigenvalue weighted by Crippen LogP contribution is -3.12. The standard InChI is InChI=1S/C12H18N4/c1-11(12-5-3-4-6-13-12)14-16-9-7-15(2)8-10-16/h3-6,14H,1,7-10H2,2H3/p+1. The van der Waals surface area contributed by atoms with Gasteiger partial charge in [-0.05, 0) is 12.1 Å². The highest BCUT2D eigenvalue weighted by atomic mass is 15.5. The molecule has 0 aliphatic carbocycles. The maximum absolute atomic E-state index is 4.27. The van der Waals surface area contributed by atoms with E-state index in [1.54, 1.807) is 11.1 Å². The number of hydrogen-bond acceptors (Lipinski definition) is 3. The Morgan fingerprint density at radius 1 is 1.44 bits per heavy atom. The zero-order valence-electron chi connectivity index (χ0n) is 9.74. The molecule has 1 saturated heterocycles. The predicted octanol–water partition coefficient (Wildman–Crippen LogP) is -0.613. The molecule has 86 valence electrons. The van der Waals surface area contributed by atoms with Crippen LogP contribution in [0.25, 0.3) is 5.70 Å². The summed E-state index contributed by atoms with van der Waals surface area (Å²) >= 11 is 0. The van der Waals surface area contributed by atoms with E-state index in [0.717, 1.165) is 24.5 Å². The maximum atomic E-state index is 4.27. The topological polar surface area (TPSA) is 32.6 Å². The molecule has 4 heteroatoms. The third-order valence-corrected chi connectivity index (χ3v) is 2.88. The van der Waals surface area contributed by atoms with Crippen LogP contribution in [-0.2, 0) is 0 Å². The molecule has 2 heterocycles.